The number of fused-ring (bicyclic) bond motifs is 1. The maximum atomic E-state index is 15.0. The molecule has 1 unspecified atom stereocenters. The fourth-order valence-corrected chi connectivity index (χ4v) is 7.59. The first-order valence-electron chi connectivity index (χ1n) is 15.6. The van der Waals surface area contributed by atoms with E-state index in [1.807, 2.05) is 4.57 Å². The molecule has 4 aliphatic rings. The van der Waals surface area contributed by atoms with E-state index in [2.05, 4.69) is 39.5 Å². The minimum Gasteiger partial charge on any atom is -0.495 e. The molecule has 1 spiro atoms. The van der Waals surface area contributed by atoms with Crippen molar-refractivity contribution in [1.29, 1.82) is 0 Å². The van der Waals surface area contributed by atoms with Crippen molar-refractivity contribution in [3.05, 3.63) is 40.5 Å². The molecule has 0 bridgehead atoms. The number of rotatable bonds is 9. The molecule has 1 atom stereocenters. The highest BCUT2D eigenvalue weighted by atomic mass is 32.2. The van der Waals surface area contributed by atoms with E-state index >= 15 is 0 Å². The molecule has 0 amide bonds. The maximum absolute atomic E-state index is 15.0. The molecule has 236 valence electrons. The van der Waals surface area contributed by atoms with E-state index in [4.69, 9.17) is 14.6 Å². The largest absolute Gasteiger partial charge is 0.495 e. The van der Waals surface area contributed by atoms with E-state index in [9.17, 15) is 12.8 Å². The lowest BCUT2D eigenvalue weighted by atomic mass is 9.75. The average molecular weight is 624 g/mol. The molecule has 9 nitrogen and oxygen atoms in total. The molecule has 3 fully saturated rings. The van der Waals surface area contributed by atoms with Crippen molar-refractivity contribution in [2.45, 2.75) is 74.5 Å². The number of nitrogens with one attached hydrogen (secondary N) is 2. The second-order valence-corrected chi connectivity index (χ2v) is 15.0. The van der Waals surface area contributed by atoms with Gasteiger partial charge in [0.2, 0.25) is 10.0 Å². The summed E-state index contributed by atoms with van der Waals surface area (Å²) in [6, 6.07) is 7.64. The lowest BCUT2D eigenvalue weighted by Crippen LogP contribution is -2.68. The number of hydrogen-bond acceptors (Lipinski definition) is 7. The highest BCUT2D eigenvalue weighted by Crippen LogP contribution is 2.41. The van der Waals surface area contributed by atoms with E-state index in [1.165, 1.54) is 50.9 Å². The second kappa shape index (κ2) is 12.1. The number of methoxy groups -OCH3 is 1. The van der Waals surface area contributed by atoms with Gasteiger partial charge in [-0.1, -0.05) is 12.0 Å². The van der Waals surface area contributed by atoms with Gasteiger partial charge in [0.05, 0.1) is 48.7 Å². The zero-order valence-electron chi connectivity index (χ0n) is 25.9. The number of anilines is 1. The van der Waals surface area contributed by atoms with E-state index in [0.717, 1.165) is 55.2 Å². The standard InChI is InChI=1S/C32H43BFN5O4S/c1-31(33,34)17-39-24(5-4-14-36-28-13-12-25(44(35,40)41)16-30(28)42-2)15-26-27(6-3-7-29(26)39)37-22-8-10-23(11-9-22)38-18-32(19-38)20-43-21-32/h7,12-13,15-16,22-23,36-37H,3,6,8-11,14,17-21,33H2,1-2H3,(H2,35,40,41). The molecule has 12 heteroatoms. The number of likely N-dealkylation sites (tertiary alicyclic amines) is 1. The number of sulfonamides is 1. The van der Waals surface area contributed by atoms with Gasteiger partial charge in [0.1, 0.15) is 5.75 Å². The highest BCUT2D eigenvalue weighted by Gasteiger charge is 2.50. The summed E-state index contributed by atoms with van der Waals surface area (Å²) in [7, 11) is -0.783. The first kappa shape index (κ1) is 31.0. The van der Waals surface area contributed by atoms with Crippen LogP contribution in [0.15, 0.2) is 29.2 Å². The molecular formula is C32H43BFN5O4S. The number of nitrogens with zero attached hydrogens (tertiary/aromatic N) is 2. The summed E-state index contributed by atoms with van der Waals surface area (Å²) in [6.07, 6.45) is 8.80. The van der Waals surface area contributed by atoms with Crippen LogP contribution in [0.5, 0.6) is 5.75 Å². The Morgan fingerprint density at radius 1 is 1.23 bits per heavy atom. The van der Waals surface area contributed by atoms with Crippen LogP contribution in [-0.4, -0.2) is 83.3 Å². The van der Waals surface area contributed by atoms with Gasteiger partial charge in [0.25, 0.3) is 0 Å². The van der Waals surface area contributed by atoms with Crippen LogP contribution in [0.3, 0.4) is 0 Å². The molecule has 1 aromatic heterocycles. The molecule has 3 heterocycles. The van der Waals surface area contributed by atoms with Crippen molar-refractivity contribution in [1.82, 2.24) is 14.8 Å². The zero-order valence-corrected chi connectivity index (χ0v) is 26.7. The average Bonchev–Trinajstić information content (AvgIpc) is 3.26. The zero-order chi connectivity index (χ0) is 31.1. The Balaban J connectivity index is 1.17. The van der Waals surface area contributed by atoms with E-state index in [1.54, 1.807) is 20.8 Å². The number of halogens is 1. The number of ether oxygens (including phenoxy) is 2. The Labute approximate surface area is 260 Å². The summed E-state index contributed by atoms with van der Waals surface area (Å²) in [5.74, 6) is 6.77. The summed E-state index contributed by atoms with van der Waals surface area (Å²) >= 11 is 0. The number of primary sulfonamides is 1. The summed E-state index contributed by atoms with van der Waals surface area (Å²) in [5.41, 5.74) is 1.66. The summed E-state index contributed by atoms with van der Waals surface area (Å²) in [6.45, 7) is 6.36. The van der Waals surface area contributed by atoms with Crippen LogP contribution in [0.25, 0.3) is 11.8 Å². The maximum Gasteiger partial charge on any atom is 0.238 e. The quantitative estimate of drug-likeness (QED) is 0.281. The van der Waals surface area contributed by atoms with E-state index in [0.29, 0.717) is 28.9 Å². The van der Waals surface area contributed by atoms with Gasteiger partial charge in [-0.15, -0.1) is 0 Å². The molecule has 1 saturated carbocycles. The number of alkyl halides is 1. The highest BCUT2D eigenvalue weighted by molar-refractivity contribution is 7.89. The SMILES string of the molecule is BC(C)(F)Cn1c(C#CCNc2ccc(S(N)(=O)=O)cc2OC)cc2c1=CCCC=2NC1CCC(N2CC3(COC3)C2)CC1. The van der Waals surface area contributed by atoms with Crippen LogP contribution < -0.4 is 31.1 Å². The van der Waals surface area contributed by atoms with Gasteiger partial charge in [-0.3, -0.25) is 9.29 Å². The van der Waals surface area contributed by atoms with Crippen LogP contribution in [0.2, 0.25) is 0 Å². The van der Waals surface area contributed by atoms with Crippen molar-refractivity contribution in [3.63, 3.8) is 0 Å². The first-order chi connectivity index (χ1) is 20.9. The molecule has 6 rings (SSSR count). The molecular weight excluding hydrogens is 580 g/mol. The van der Waals surface area contributed by atoms with E-state index < -0.39 is 15.6 Å². The predicted molar refractivity (Wildman–Crippen MR) is 173 cm³/mol. The Hall–Kier alpha value is -2.98. The van der Waals surface area contributed by atoms with Gasteiger partial charge in [0, 0.05) is 59.5 Å². The van der Waals surface area contributed by atoms with Gasteiger partial charge in [-0.2, -0.15) is 0 Å². The van der Waals surface area contributed by atoms with Gasteiger partial charge in [-0.05, 0) is 69.6 Å². The van der Waals surface area contributed by atoms with Gasteiger partial charge >= 0.3 is 0 Å². The van der Waals surface area contributed by atoms with Gasteiger partial charge in [-0.25, -0.2) is 13.6 Å². The Morgan fingerprint density at radius 2 is 1.98 bits per heavy atom. The summed E-state index contributed by atoms with van der Waals surface area (Å²) in [4.78, 5) is 2.63. The Bertz CT molecular complexity index is 1690. The summed E-state index contributed by atoms with van der Waals surface area (Å²) in [5, 5.41) is 14.5. The molecule has 2 aromatic rings. The number of aromatic nitrogens is 1. The Kier molecular flexibility index (Phi) is 8.52. The molecule has 2 saturated heterocycles. The van der Waals surface area contributed by atoms with Crippen molar-refractivity contribution < 1.29 is 22.3 Å². The molecule has 2 aliphatic carbocycles. The molecule has 0 radical (unpaired) electrons. The normalized spacial score (nSPS) is 24.0. The molecule has 4 N–H and O–H groups in total. The van der Waals surface area contributed by atoms with Crippen LogP contribution in [0.1, 0.15) is 51.1 Å². The number of nitrogens with two attached hydrogens (primary N) is 1. The van der Waals surface area contributed by atoms with Crippen molar-refractivity contribution in [2.75, 3.05) is 45.3 Å². The molecule has 44 heavy (non-hydrogen) atoms. The van der Waals surface area contributed by atoms with Crippen LogP contribution in [-0.2, 0) is 21.3 Å². The third kappa shape index (κ3) is 6.66. The predicted octanol–water partition coefficient (Wildman–Crippen LogP) is 0.842. The van der Waals surface area contributed by atoms with Crippen LogP contribution in [0, 0.1) is 17.3 Å². The second-order valence-electron chi connectivity index (χ2n) is 13.5. The van der Waals surface area contributed by atoms with Crippen LogP contribution >= 0.6 is 0 Å². The first-order valence-corrected chi connectivity index (χ1v) is 17.1. The van der Waals surface area contributed by atoms with Crippen molar-refractivity contribution in [2.24, 2.45) is 10.6 Å². The molecule has 1 aromatic carbocycles. The summed E-state index contributed by atoms with van der Waals surface area (Å²) < 4.78 is 51.2. The van der Waals surface area contributed by atoms with E-state index in [-0.39, 0.29) is 18.0 Å². The lowest BCUT2D eigenvalue weighted by molar-refractivity contribution is -0.200. The fraction of sp³-hybridized carbons (Fsp3) is 0.562. The fourth-order valence-electron chi connectivity index (χ4n) is 7.06. The number of hydrogen-bond donors (Lipinski definition) is 3. The van der Waals surface area contributed by atoms with Crippen LogP contribution in [0.4, 0.5) is 10.1 Å². The smallest absolute Gasteiger partial charge is 0.238 e. The minimum absolute atomic E-state index is 0.0262. The topological polar surface area (TPSA) is 111 Å². The van der Waals surface area contributed by atoms with Gasteiger partial charge in [0.15, 0.2) is 7.85 Å². The van der Waals surface area contributed by atoms with Gasteiger partial charge < -0.3 is 24.7 Å². The third-order valence-corrected chi connectivity index (χ3v) is 10.2. The molecule has 2 aliphatic heterocycles. The minimum atomic E-state index is -3.84. The third-order valence-electron chi connectivity index (χ3n) is 9.30. The van der Waals surface area contributed by atoms with Crippen molar-refractivity contribution >= 4 is 35.3 Å². The number of benzene rings is 1. The lowest BCUT2D eigenvalue weighted by Gasteiger charge is -2.58. The Morgan fingerprint density at radius 3 is 2.61 bits per heavy atom. The van der Waals surface area contributed by atoms with Crippen molar-refractivity contribution in [3.8, 4) is 17.6 Å². The monoisotopic (exact) mass is 623 g/mol.